The summed E-state index contributed by atoms with van der Waals surface area (Å²) in [5.74, 6) is 2.98. The second kappa shape index (κ2) is 15.0. The van der Waals surface area contributed by atoms with Gasteiger partial charge in [-0.25, -0.2) is 9.67 Å². The minimum absolute atomic E-state index is 0.147. The smallest absolute Gasteiger partial charge is 0.232 e. The minimum Gasteiger partial charge on any atom is -0.496 e. The summed E-state index contributed by atoms with van der Waals surface area (Å²) in [6.45, 7) is 31.2. The maximum Gasteiger partial charge on any atom is 0.232 e. The van der Waals surface area contributed by atoms with Crippen molar-refractivity contribution in [2.45, 2.75) is 155 Å². The molecule has 4 aromatic rings. The van der Waals surface area contributed by atoms with E-state index in [4.69, 9.17) is 33.6 Å². The second-order valence-electron chi connectivity index (χ2n) is 18.8. The van der Waals surface area contributed by atoms with Crippen molar-refractivity contribution in [1.82, 2.24) is 29.3 Å². The van der Waals surface area contributed by atoms with E-state index >= 15 is 0 Å². The third-order valence-corrected chi connectivity index (χ3v) is 22.0. The molecule has 2 aliphatic rings. The Hall–Kier alpha value is -3.27. The van der Waals surface area contributed by atoms with Crippen molar-refractivity contribution in [3.05, 3.63) is 41.5 Å². The number of fused-ring (bicyclic) bond motifs is 1. The number of nitrogens with zero attached hydrogens (tertiary/aromatic N) is 7. The quantitative estimate of drug-likeness (QED) is 0.149. The van der Waals surface area contributed by atoms with Gasteiger partial charge in [0.15, 0.2) is 28.1 Å². The highest BCUT2D eigenvalue weighted by Gasteiger charge is 2.41. The third kappa shape index (κ3) is 8.15. The Balaban J connectivity index is 1.34. The van der Waals surface area contributed by atoms with Gasteiger partial charge in [-0.15, -0.1) is 0 Å². The molecule has 1 aliphatic heterocycles. The van der Waals surface area contributed by atoms with Crippen molar-refractivity contribution in [2.75, 3.05) is 30.5 Å². The number of methoxy groups -OCH3 is 1. The number of benzene rings is 1. The largest absolute Gasteiger partial charge is 0.496 e. The van der Waals surface area contributed by atoms with Crippen LogP contribution in [0.2, 0.25) is 36.3 Å². The molecule has 13 heteroatoms. The lowest BCUT2D eigenvalue weighted by Gasteiger charge is -2.41. The number of rotatable bonds is 11. The van der Waals surface area contributed by atoms with Crippen LogP contribution in [-0.2, 0) is 8.85 Å². The van der Waals surface area contributed by atoms with Gasteiger partial charge in [0.1, 0.15) is 17.9 Å². The normalized spacial score (nSPS) is 20.3. The van der Waals surface area contributed by atoms with Gasteiger partial charge in [-0.2, -0.15) is 15.1 Å². The standard InChI is InChI=1S/C41H66N8O3Si2/c1-27-22-32(23-34(50-10)28(27)2)47-24-35(42-26-47)43-39-44-37(48-21-15-16-31(48)25-51-53(11,12)40(4,5)6)36-29(3)46-49(38(36)45-39)30-17-19-33(20-18-30)52-54(13,14)41(7,8)9/h22-24,26,30-31,33H,15-21,25H2,1-14H3,(H,43,44,45)/t30?,31-,33?/m0/s1. The van der Waals surface area contributed by atoms with E-state index in [1.165, 1.54) is 0 Å². The molecule has 1 aromatic carbocycles. The van der Waals surface area contributed by atoms with Gasteiger partial charge >= 0.3 is 0 Å². The number of hydrogen-bond acceptors (Lipinski definition) is 9. The van der Waals surface area contributed by atoms with Crippen LogP contribution in [0.25, 0.3) is 16.7 Å². The molecule has 1 N–H and O–H groups in total. The Morgan fingerprint density at radius 3 is 2.22 bits per heavy atom. The molecule has 4 heterocycles. The molecular formula is C41H66N8O3Si2. The van der Waals surface area contributed by atoms with Crippen molar-refractivity contribution in [1.29, 1.82) is 0 Å². The van der Waals surface area contributed by atoms with Crippen LogP contribution in [0.3, 0.4) is 0 Å². The number of hydrogen-bond donors (Lipinski definition) is 1. The lowest BCUT2D eigenvalue weighted by molar-refractivity contribution is 0.116. The van der Waals surface area contributed by atoms with E-state index in [1.54, 1.807) is 7.11 Å². The monoisotopic (exact) mass is 774 g/mol. The van der Waals surface area contributed by atoms with Crippen LogP contribution in [0.4, 0.5) is 17.6 Å². The zero-order chi connectivity index (χ0) is 39.4. The highest BCUT2D eigenvalue weighted by Crippen LogP contribution is 2.42. The van der Waals surface area contributed by atoms with Gasteiger partial charge in [0, 0.05) is 18.7 Å². The van der Waals surface area contributed by atoms with Crippen LogP contribution in [0.5, 0.6) is 5.75 Å². The molecule has 1 saturated carbocycles. The van der Waals surface area contributed by atoms with Crippen molar-refractivity contribution < 1.29 is 13.6 Å². The fraction of sp³-hybridized carbons (Fsp3) is 0.659. The maximum atomic E-state index is 6.87. The van der Waals surface area contributed by atoms with E-state index in [1.807, 2.05) is 23.2 Å². The number of nitrogens with one attached hydrogen (secondary N) is 1. The van der Waals surface area contributed by atoms with E-state index in [0.717, 1.165) is 90.2 Å². The van der Waals surface area contributed by atoms with E-state index in [-0.39, 0.29) is 22.2 Å². The van der Waals surface area contributed by atoms with Crippen molar-refractivity contribution >= 4 is 45.3 Å². The van der Waals surface area contributed by atoms with Gasteiger partial charge in [-0.1, -0.05) is 41.5 Å². The first-order valence-corrected chi connectivity index (χ1v) is 25.8. The molecule has 3 aromatic heterocycles. The molecule has 11 nitrogen and oxygen atoms in total. The molecule has 0 amide bonds. The van der Waals surface area contributed by atoms with Gasteiger partial charge in [-0.3, -0.25) is 0 Å². The van der Waals surface area contributed by atoms with Gasteiger partial charge < -0.3 is 28.4 Å². The Bertz CT molecular complexity index is 1950. The Morgan fingerprint density at radius 1 is 0.889 bits per heavy atom. The number of aromatic nitrogens is 6. The van der Waals surface area contributed by atoms with Crippen LogP contribution < -0.4 is 15.0 Å². The molecule has 296 valence electrons. The van der Waals surface area contributed by atoms with Gasteiger partial charge in [0.2, 0.25) is 5.95 Å². The number of aryl methyl sites for hydroxylation is 2. The highest BCUT2D eigenvalue weighted by atomic mass is 28.4. The summed E-state index contributed by atoms with van der Waals surface area (Å²) in [5, 5.41) is 10.1. The van der Waals surface area contributed by atoms with E-state index in [0.29, 0.717) is 24.5 Å². The van der Waals surface area contributed by atoms with Crippen LogP contribution in [-0.4, -0.2) is 78.3 Å². The maximum absolute atomic E-state index is 6.87. The van der Waals surface area contributed by atoms with Crippen LogP contribution in [0.15, 0.2) is 24.7 Å². The highest BCUT2D eigenvalue weighted by molar-refractivity contribution is 6.74. The lowest BCUT2D eigenvalue weighted by Crippen LogP contribution is -2.45. The molecule has 0 spiro atoms. The number of imidazole rings is 1. The van der Waals surface area contributed by atoms with Gasteiger partial charge in [-0.05, 0) is 113 Å². The topological polar surface area (TPSA) is 104 Å². The van der Waals surface area contributed by atoms with Crippen molar-refractivity contribution in [2.24, 2.45) is 0 Å². The van der Waals surface area contributed by atoms with Crippen LogP contribution in [0.1, 0.15) is 103 Å². The average molecular weight is 775 g/mol. The predicted octanol–water partition coefficient (Wildman–Crippen LogP) is 10.2. The summed E-state index contributed by atoms with van der Waals surface area (Å²) in [6, 6.07) is 4.67. The summed E-state index contributed by atoms with van der Waals surface area (Å²) in [6.07, 6.45) is 10.3. The zero-order valence-electron chi connectivity index (χ0n) is 35.6. The minimum atomic E-state index is -1.93. The number of ether oxygens (including phenoxy) is 1. The Labute approximate surface area is 325 Å². The van der Waals surface area contributed by atoms with Gasteiger partial charge in [0.25, 0.3) is 0 Å². The molecule has 0 unspecified atom stereocenters. The molecule has 6 rings (SSSR count). The average Bonchev–Trinajstić information content (AvgIpc) is 3.83. The van der Waals surface area contributed by atoms with E-state index < -0.39 is 16.6 Å². The summed E-state index contributed by atoms with van der Waals surface area (Å²) >= 11 is 0. The molecule has 1 atom stereocenters. The zero-order valence-corrected chi connectivity index (χ0v) is 37.6. The molecule has 0 radical (unpaired) electrons. The first-order valence-electron chi connectivity index (χ1n) is 20.0. The molecule has 2 fully saturated rings. The Morgan fingerprint density at radius 2 is 1.57 bits per heavy atom. The fourth-order valence-corrected chi connectivity index (χ4v) is 9.79. The van der Waals surface area contributed by atoms with Crippen LogP contribution >= 0.6 is 0 Å². The first-order chi connectivity index (χ1) is 25.2. The van der Waals surface area contributed by atoms with Gasteiger partial charge in [0.05, 0.1) is 48.8 Å². The van der Waals surface area contributed by atoms with Crippen molar-refractivity contribution in [3.63, 3.8) is 0 Å². The number of anilines is 3. The SMILES string of the molecule is COc1cc(-n2cnc(Nc3nc(N4CCC[C@H]4CO[Si](C)(C)C(C)(C)C)c4c(C)nn(C5CCC(O[Si](C)(C)C(C)(C)C)CC5)c4n3)c2)cc(C)c1C. The molecule has 1 aliphatic carbocycles. The Kier molecular flexibility index (Phi) is 11.2. The fourth-order valence-electron chi connectivity index (χ4n) is 7.33. The first kappa shape index (κ1) is 40.4. The molecule has 54 heavy (non-hydrogen) atoms. The van der Waals surface area contributed by atoms with E-state index in [9.17, 15) is 0 Å². The lowest BCUT2D eigenvalue weighted by atomic mass is 9.93. The van der Waals surface area contributed by atoms with Crippen LogP contribution in [0, 0.1) is 20.8 Å². The summed E-state index contributed by atoms with van der Waals surface area (Å²) < 4.78 is 23.6. The van der Waals surface area contributed by atoms with E-state index in [2.05, 4.69) is 109 Å². The molecular weight excluding hydrogens is 709 g/mol. The predicted molar refractivity (Wildman–Crippen MR) is 226 cm³/mol. The summed E-state index contributed by atoms with van der Waals surface area (Å²) in [7, 11) is -2.07. The van der Waals surface area contributed by atoms with Crippen molar-refractivity contribution in [3.8, 4) is 11.4 Å². The summed E-state index contributed by atoms with van der Waals surface area (Å²) in [4.78, 5) is 17.7. The summed E-state index contributed by atoms with van der Waals surface area (Å²) in [5.41, 5.74) is 5.12. The third-order valence-electron chi connectivity index (χ3n) is 13.0. The molecule has 0 bridgehead atoms. The molecule has 1 saturated heterocycles. The second-order valence-corrected chi connectivity index (χ2v) is 28.4.